The number of ether oxygens (including phenoxy) is 1. The summed E-state index contributed by atoms with van der Waals surface area (Å²) in [5, 5.41) is 10.8. The zero-order valence-corrected chi connectivity index (χ0v) is 12.6. The minimum absolute atomic E-state index is 0.261. The van der Waals surface area contributed by atoms with Gasteiger partial charge in [-0.05, 0) is 30.0 Å². The van der Waals surface area contributed by atoms with Crippen molar-refractivity contribution in [2.24, 2.45) is 5.92 Å². The monoisotopic (exact) mass is 300 g/mol. The van der Waals surface area contributed by atoms with Gasteiger partial charge in [-0.15, -0.1) is 0 Å². The highest BCUT2D eigenvalue weighted by atomic mass is 16.5. The average Bonchev–Trinajstić information content (AvgIpc) is 2.93. The Bertz CT molecular complexity index is 724. The Morgan fingerprint density at radius 1 is 1.50 bits per heavy atom. The van der Waals surface area contributed by atoms with Gasteiger partial charge in [0.1, 0.15) is 0 Å². The predicted octanol–water partition coefficient (Wildman–Crippen LogP) is 2.19. The average molecular weight is 300 g/mol. The van der Waals surface area contributed by atoms with Crippen molar-refractivity contribution in [3.8, 4) is 0 Å². The van der Waals surface area contributed by atoms with Crippen molar-refractivity contribution in [1.29, 1.82) is 0 Å². The number of hydrogen-bond donors (Lipinski definition) is 2. The second-order valence-corrected chi connectivity index (χ2v) is 6.42. The number of aromatic amines is 1. The van der Waals surface area contributed by atoms with Crippen LogP contribution in [0.4, 0.5) is 0 Å². The molecule has 1 aromatic heterocycles. The fraction of sp³-hybridized carbons (Fsp3) is 0.471. The van der Waals surface area contributed by atoms with Gasteiger partial charge in [0, 0.05) is 42.7 Å². The maximum absolute atomic E-state index is 11.5. The Kier molecular flexibility index (Phi) is 3.20. The van der Waals surface area contributed by atoms with Gasteiger partial charge in [-0.25, -0.2) is 0 Å². The molecule has 1 aromatic carbocycles. The molecular weight excluding hydrogens is 280 g/mol. The van der Waals surface area contributed by atoms with E-state index in [0.29, 0.717) is 25.7 Å². The van der Waals surface area contributed by atoms with E-state index in [-0.39, 0.29) is 11.8 Å². The highest BCUT2D eigenvalue weighted by Gasteiger charge is 2.42. The predicted molar refractivity (Wildman–Crippen MR) is 82.9 cm³/mol. The number of hydrogen-bond acceptors (Lipinski definition) is 3. The number of benzene rings is 1. The summed E-state index contributed by atoms with van der Waals surface area (Å²) in [6.45, 7) is 1.06. The number of likely N-dealkylation sites (tertiary alicyclic amines) is 1. The number of aliphatic carboxylic acids is 1. The molecule has 2 aromatic rings. The maximum Gasteiger partial charge on any atom is 0.307 e. The summed E-state index contributed by atoms with van der Waals surface area (Å²) in [7, 11) is 1.67. The van der Waals surface area contributed by atoms with Gasteiger partial charge in [0.25, 0.3) is 0 Å². The quantitative estimate of drug-likeness (QED) is 0.912. The van der Waals surface area contributed by atoms with Gasteiger partial charge in [0.15, 0.2) is 0 Å². The number of carboxylic acid groups (broad SMARTS) is 1. The van der Waals surface area contributed by atoms with Crippen molar-refractivity contribution in [2.75, 3.05) is 20.4 Å². The molecule has 0 amide bonds. The molecule has 1 aliphatic carbocycles. The number of H-pyrrole nitrogens is 1. The Hall–Kier alpha value is -1.85. The molecule has 4 rings (SSSR count). The van der Waals surface area contributed by atoms with Crippen LogP contribution in [0.5, 0.6) is 0 Å². The molecule has 1 unspecified atom stereocenters. The molecular formula is C17H20N2O3. The third-order valence-electron chi connectivity index (χ3n) is 5.22. The van der Waals surface area contributed by atoms with E-state index in [4.69, 9.17) is 4.74 Å². The van der Waals surface area contributed by atoms with Gasteiger partial charge in [0.2, 0.25) is 0 Å². The minimum atomic E-state index is -0.702. The lowest BCUT2D eigenvalue weighted by atomic mass is 9.72. The molecule has 22 heavy (non-hydrogen) atoms. The normalized spacial score (nSPS) is 27.8. The van der Waals surface area contributed by atoms with Gasteiger partial charge in [0.05, 0.1) is 12.6 Å². The topological polar surface area (TPSA) is 65.6 Å². The Labute approximate surface area is 128 Å². The van der Waals surface area contributed by atoms with Crippen LogP contribution in [-0.2, 0) is 16.0 Å². The number of methoxy groups -OCH3 is 1. The van der Waals surface area contributed by atoms with Crippen molar-refractivity contribution in [2.45, 2.75) is 24.8 Å². The molecule has 0 spiro atoms. The summed E-state index contributed by atoms with van der Waals surface area (Å²) in [6.07, 6.45) is 3.76. The third-order valence-corrected chi connectivity index (χ3v) is 5.22. The summed E-state index contributed by atoms with van der Waals surface area (Å²) >= 11 is 0. The van der Waals surface area contributed by atoms with Crippen molar-refractivity contribution >= 4 is 16.9 Å². The molecule has 5 heteroatoms. The number of fused-ring (bicyclic) bond motifs is 2. The molecule has 116 valence electrons. The van der Waals surface area contributed by atoms with Crippen LogP contribution in [0, 0.1) is 5.92 Å². The molecule has 1 saturated heterocycles. The van der Waals surface area contributed by atoms with E-state index in [1.807, 2.05) is 0 Å². The maximum atomic E-state index is 11.5. The van der Waals surface area contributed by atoms with Crippen molar-refractivity contribution in [1.82, 2.24) is 9.88 Å². The zero-order valence-electron chi connectivity index (χ0n) is 12.6. The summed E-state index contributed by atoms with van der Waals surface area (Å²) in [5.41, 5.74) is 3.78. The lowest BCUT2D eigenvalue weighted by Gasteiger charge is -2.45. The van der Waals surface area contributed by atoms with Crippen LogP contribution in [-0.4, -0.2) is 47.4 Å². The standard InChI is InChI=1S/C17H20N2O3/c1-22-9-19-8-11(17(20)21)5-13-12-3-2-4-14-16(12)10(7-18-14)6-15(13)19/h2-4,7,11,13,15,18H,5-6,8-9H2,1H3,(H,20,21)/t11-,13?,15+/m0/s1. The van der Waals surface area contributed by atoms with Crippen LogP contribution < -0.4 is 0 Å². The van der Waals surface area contributed by atoms with Crippen LogP contribution in [0.3, 0.4) is 0 Å². The molecule has 2 aliphatic rings. The Morgan fingerprint density at radius 2 is 2.36 bits per heavy atom. The largest absolute Gasteiger partial charge is 0.481 e. The summed E-state index contributed by atoms with van der Waals surface area (Å²) in [6, 6.07) is 6.63. The lowest BCUT2D eigenvalue weighted by Crippen LogP contribution is -2.52. The first-order valence-corrected chi connectivity index (χ1v) is 7.73. The van der Waals surface area contributed by atoms with Gasteiger partial charge in [-0.3, -0.25) is 9.69 Å². The second-order valence-electron chi connectivity index (χ2n) is 6.42. The fourth-order valence-corrected chi connectivity index (χ4v) is 4.29. The number of carbonyl (C=O) groups is 1. The highest BCUT2D eigenvalue weighted by Crippen LogP contribution is 2.44. The Morgan fingerprint density at radius 3 is 3.14 bits per heavy atom. The first kappa shape index (κ1) is 13.8. The molecule has 0 radical (unpaired) electrons. The van der Waals surface area contributed by atoms with Crippen molar-refractivity contribution in [3.05, 3.63) is 35.5 Å². The smallest absolute Gasteiger partial charge is 0.307 e. The van der Waals surface area contributed by atoms with E-state index in [1.165, 1.54) is 16.5 Å². The summed E-state index contributed by atoms with van der Waals surface area (Å²) in [5.74, 6) is -0.768. The highest BCUT2D eigenvalue weighted by molar-refractivity contribution is 5.88. The van der Waals surface area contributed by atoms with E-state index >= 15 is 0 Å². The first-order valence-electron chi connectivity index (χ1n) is 7.73. The van der Waals surface area contributed by atoms with Crippen LogP contribution in [0.25, 0.3) is 10.9 Å². The lowest BCUT2D eigenvalue weighted by molar-refractivity contribution is -0.146. The fourth-order valence-electron chi connectivity index (χ4n) is 4.29. The van der Waals surface area contributed by atoms with E-state index in [2.05, 4.69) is 34.3 Å². The molecule has 1 fully saturated rings. The van der Waals surface area contributed by atoms with E-state index in [0.717, 1.165) is 11.9 Å². The third kappa shape index (κ3) is 1.96. The summed E-state index contributed by atoms with van der Waals surface area (Å²) in [4.78, 5) is 17.1. The second kappa shape index (κ2) is 5.11. The molecule has 2 N–H and O–H groups in total. The number of carboxylic acids is 1. The zero-order chi connectivity index (χ0) is 15.3. The number of piperidine rings is 1. The minimum Gasteiger partial charge on any atom is -0.481 e. The molecule has 3 atom stereocenters. The first-order chi connectivity index (χ1) is 10.7. The Balaban J connectivity index is 1.80. The van der Waals surface area contributed by atoms with Crippen LogP contribution in [0.15, 0.2) is 24.4 Å². The summed E-state index contributed by atoms with van der Waals surface area (Å²) < 4.78 is 5.33. The van der Waals surface area contributed by atoms with Gasteiger partial charge in [-0.2, -0.15) is 0 Å². The SMILES string of the molecule is COCN1C[C@@H](C(=O)O)CC2c3cccc4[nH]cc(c34)C[C@H]21. The molecule has 0 bridgehead atoms. The number of nitrogens with one attached hydrogen (secondary N) is 1. The van der Waals surface area contributed by atoms with Gasteiger partial charge >= 0.3 is 5.97 Å². The number of aromatic nitrogens is 1. The molecule has 5 nitrogen and oxygen atoms in total. The van der Waals surface area contributed by atoms with E-state index < -0.39 is 5.97 Å². The number of nitrogens with zero attached hydrogens (tertiary/aromatic N) is 1. The number of rotatable bonds is 3. The van der Waals surface area contributed by atoms with Gasteiger partial charge < -0.3 is 14.8 Å². The van der Waals surface area contributed by atoms with E-state index in [9.17, 15) is 9.90 Å². The molecule has 0 saturated carbocycles. The van der Waals surface area contributed by atoms with E-state index in [1.54, 1.807) is 7.11 Å². The van der Waals surface area contributed by atoms with Crippen LogP contribution in [0.1, 0.15) is 23.5 Å². The van der Waals surface area contributed by atoms with Gasteiger partial charge in [-0.1, -0.05) is 12.1 Å². The van der Waals surface area contributed by atoms with Crippen LogP contribution in [0.2, 0.25) is 0 Å². The molecule has 1 aliphatic heterocycles. The van der Waals surface area contributed by atoms with Crippen molar-refractivity contribution < 1.29 is 14.6 Å². The molecule has 2 heterocycles. The van der Waals surface area contributed by atoms with Crippen LogP contribution >= 0.6 is 0 Å². The van der Waals surface area contributed by atoms with Crippen molar-refractivity contribution in [3.63, 3.8) is 0 Å².